The first-order valence-corrected chi connectivity index (χ1v) is 12.6. The SMILES string of the molecule is CCCCc1nc(=O)c(Cc2ccc(-c3ccc(F)nc3C)cc2)c(O)n1C(CC)c1cccc(F)c1. The van der Waals surface area contributed by atoms with E-state index in [1.807, 2.05) is 44.2 Å². The maximum absolute atomic E-state index is 14.1. The van der Waals surface area contributed by atoms with Crippen LogP contribution in [-0.4, -0.2) is 19.6 Å². The van der Waals surface area contributed by atoms with Crippen molar-refractivity contribution in [3.63, 3.8) is 0 Å². The second kappa shape index (κ2) is 11.5. The molecule has 0 saturated heterocycles. The van der Waals surface area contributed by atoms with Gasteiger partial charge in [0.05, 0.1) is 11.6 Å². The van der Waals surface area contributed by atoms with Crippen LogP contribution in [0, 0.1) is 18.7 Å². The van der Waals surface area contributed by atoms with E-state index in [1.54, 1.807) is 23.6 Å². The van der Waals surface area contributed by atoms with Crippen molar-refractivity contribution in [3.8, 4) is 17.0 Å². The number of benzene rings is 2. The number of aromatic nitrogens is 3. The molecule has 37 heavy (non-hydrogen) atoms. The third kappa shape index (κ3) is 5.77. The maximum Gasteiger partial charge on any atom is 0.280 e. The Kier molecular flexibility index (Phi) is 8.11. The number of nitrogens with zero attached hydrogens (tertiary/aromatic N) is 3. The average molecular weight is 504 g/mol. The Morgan fingerprint density at radius 1 is 1.00 bits per heavy atom. The minimum Gasteiger partial charge on any atom is -0.494 e. The number of hydrogen-bond acceptors (Lipinski definition) is 4. The molecule has 1 atom stereocenters. The van der Waals surface area contributed by atoms with Crippen LogP contribution in [0.4, 0.5) is 8.78 Å². The van der Waals surface area contributed by atoms with Gasteiger partial charge in [-0.3, -0.25) is 9.36 Å². The highest BCUT2D eigenvalue weighted by Crippen LogP contribution is 2.31. The van der Waals surface area contributed by atoms with Crippen molar-refractivity contribution in [2.45, 2.75) is 58.9 Å². The predicted molar refractivity (Wildman–Crippen MR) is 141 cm³/mol. The van der Waals surface area contributed by atoms with Gasteiger partial charge < -0.3 is 5.11 Å². The van der Waals surface area contributed by atoms with Crippen LogP contribution in [0.5, 0.6) is 5.88 Å². The lowest BCUT2D eigenvalue weighted by atomic mass is 9.99. The van der Waals surface area contributed by atoms with Gasteiger partial charge in [-0.1, -0.05) is 56.7 Å². The van der Waals surface area contributed by atoms with Gasteiger partial charge in [-0.2, -0.15) is 9.37 Å². The van der Waals surface area contributed by atoms with Crippen LogP contribution in [0.25, 0.3) is 11.1 Å². The number of aryl methyl sites for hydroxylation is 2. The van der Waals surface area contributed by atoms with Crippen LogP contribution in [0.1, 0.15) is 67.4 Å². The van der Waals surface area contributed by atoms with Crippen LogP contribution in [0.3, 0.4) is 0 Å². The number of aromatic hydroxyl groups is 1. The Bertz CT molecular complexity index is 1450. The monoisotopic (exact) mass is 503 g/mol. The van der Waals surface area contributed by atoms with Crippen molar-refractivity contribution in [2.75, 3.05) is 0 Å². The highest BCUT2D eigenvalue weighted by atomic mass is 19.1. The molecule has 192 valence electrons. The summed E-state index contributed by atoms with van der Waals surface area (Å²) < 4.78 is 29.1. The summed E-state index contributed by atoms with van der Waals surface area (Å²) in [6.45, 7) is 5.76. The Morgan fingerprint density at radius 3 is 2.41 bits per heavy atom. The minimum absolute atomic E-state index is 0.134. The molecule has 0 aliphatic rings. The molecule has 4 aromatic rings. The van der Waals surface area contributed by atoms with Gasteiger partial charge in [0.2, 0.25) is 11.8 Å². The third-order valence-corrected chi connectivity index (χ3v) is 6.65. The molecule has 7 heteroatoms. The van der Waals surface area contributed by atoms with Crippen molar-refractivity contribution < 1.29 is 13.9 Å². The Balaban J connectivity index is 1.74. The van der Waals surface area contributed by atoms with Crippen LogP contribution in [0.2, 0.25) is 0 Å². The second-order valence-electron chi connectivity index (χ2n) is 9.23. The zero-order valence-corrected chi connectivity index (χ0v) is 21.3. The Labute approximate surface area is 215 Å². The predicted octanol–water partition coefficient (Wildman–Crippen LogP) is 6.53. The molecule has 4 rings (SSSR count). The molecule has 0 aliphatic heterocycles. The Hall–Kier alpha value is -3.87. The van der Waals surface area contributed by atoms with Gasteiger partial charge in [-0.25, -0.2) is 9.37 Å². The molecule has 0 saturated carbocycles. The molecular formula is C30H31F2N3O2. The number of hydrogen-bond donors (Lipinski definition) is 1. The van der Waals surface area contributed by atoms with Gasteiger partial charge in [0.1, 0.15) is 11.6 Å². The van der Waals surface area contributed by atoms with Gasteiger partial charge in [0, 0.05) is 24.1 Å². The number of unbranched alkanes of at least 4 members (excludes halogenated alkanes) is 1. The van der Waals surface area contributed by atoms with E-state index >= 15 is 0 Å². The molecule has 2 aromatic heterocycles. The van der Waals surface area contributed by atoms with E-state index < -0.39 is 11.5 Å². The molecule has 0 bridgehead atoms. The molecule has 0 amide bonds. The molecule has 1 N–H and O–H groups in total. The second-order valence-corrected chi connectivity index (χ2v) is 9.23. The highest BCUT2D eigenvalue weighted by Gasteiger charge is 2.23. The van der Waals surface area contributed by atoms with E-state index in [4.69, 9.17) is 0 Å². The molecule has 2 aromatic carbocycles. The normalized spacial score (nSPS) is 12.0. The van der Waals surface area contributed by atoms with Crippen LogP contribution >= 0.6 is 0 Å². The Morgan fingerprint density at radius 2 is 1.76 bits per heavy atom. The van der Waals surface area contributed by atoms with E-state index in [0.717, 1.165) is 29.5 Å². The van der Waals surface area contributed by atoms with E-state index in [-0.39, 0.29) is 29.7 Å². The summed E-state index contributed by atoms with van der Waals surface area (Å²) in [6, 6.07) is 16.5. The molecular weight excluding hydrogens is 472 g/mol. The summed E-state index contributed by atoms with van der Waals surface area (Å²) in [5.41, 5.74) is 3.54. The van der Waals surface area contributed by atoms with Crippen molar-refractivity contribution in [1.29, 1.82) is 0 Å². The molecule has 2 heterocycles. The summed E-state index contributed by atoms with van der Waals surface area (Å²) >= 11 is 0. The maximum atomic E-state index is 14.1. The smallest absolute Gasteiger partial charge is 0.280 e. The standard InChI is InChI=1S/C30H31F2N3O2/c1-4-6-10-28-34-29(36)25(30(37)35(28)26(5-2)22-8-7-9-23(31)18-22)17-20-11-13-21(14-12-20)24-15-16-27(32)33-19(24)3/h7-9,11-16,18,26,37H,4-6,10,17H2,1-3H3. The highest BCUT2D eigenvalue weighted by molar-refractivity contribution is 5.65. The van der Waals surface area contributed by atoms with Gasteiger partial charge in [-0.05, 0) is 60.7 Å². The fourth-order valence-corrected chi connectivity index (χ4v) is 4.72. The number of rotatable bonds is 9. The lowest BCUT2D eigenvalue weighted by molar-refractivity contribution is 0.368. The summed E-state index contributed by atoms with van der Waals surface area (Å²) in [7, 11) is 0. The van der Waals surface area contributed by atoms with E-state index in [2.05, 4.69) is 9.97 Å². The van der Waals surface area contributed by atoms with Crippen molar-refractivity contribution in [1.82, 2.24) is 14.5 Å². The van der Waals surface area contributed by atoms with Crippen LogP contribution in [-0.2, 0) is 12.8 Å². The quantitative estimate of drug-likeness (QED) is 0.264. The molecule has 1 unspecified atom stereocenters. The topological polar surface area (TPSA) is 68.0 Å². The molecule has 0 fully saturated rings. The minimum atomic E-state index is -0.525. The van der Waals surface area contributed by atoms with Gasteiger partial charge in [-0.15, -0.1) is 0 Å². The lowest BCUT2D eigenvalue weighted by Crippen LogP contribution is -2.25. The van der Waals surface area contributed by atoms with Gasteiger partial charge >= 0.3 is 0 Å². The van der Waals surface area contributed by atoms with E-state index in [0.29, 0.717) is 29.9 Å². The lowest BCUT2D eigenvalue weighted by Gasteiger charge is -2.25. The van der Waals surface area contributed by atoms with Crippen LogP contribution in [0.15, 0.2) is 65.5 Å². The van der Waals surface area contributed by atoms with Crippen molar-refractivity contribution in [3.05, 3.63) is 111 Å². The molecule has 5 nitrogen and oxygen atoms in total. The van der Waals surface area contributed by atoms with Gasteiger partial charge in [0.25, 0.3) is 5.56 Å². The summed E-state index contributed by atoms with van der Waals surface area (Å²) in [6.07, 6.45) is 3.02. The number of halogens is 2. The van der Waals surface area contributed by atoms with Crippen molar-refractivity contribution in [2.24, 2.45) is 0 Å². The van der Waals surface area contributed by atoms with Crippen molar-refractivity contribution >= 4 is 0 Å². The first-order valence-electron chi connectivity index (χ1n) is 12.6. The third-order valence-electron chi connectivity index (χ3n) is 6.65. The zero-order valence-electron chi connectivity index (χ0n) is 21.3. The average Bonchev–Trinajstić information content (AvgIpc) is 2.88. The largest absolute Gasteiger partial charge is 0.494 e. The number of pyridine rings is 1. The zero-order chi connectivity index (χ0) is 26.5. The summed E-state index contributed by atoms with van der Waals surface area (Å²) in [5.74, 6) is -0.515. The van der Waals surface area contributed by atoms with Crippen LogP contribution < -0.4 is 5.56 Å². The molecule has 0 radical (unpaired) electrons. The summed E-state index contributed by atoms with van der Waals surface area (Å²) in [5, 5.41) is 11.4. The van der Waals surface area contributed by atoms with E-state index in [9.17, 15) is 18.7 Å². The first-order chi connectivity index (χ1) is 17.8. The fraction of sp³-hybridized carbons (Fsp3) is 0.300. The van der Waals surface area contributed by atoms with Gasteiger partial charge in [0.15, 0.2) is 0 Å². The molecule has 0 spiro atoms. The summed E-state index contributed by atoms with van der Waals surface area (Å²) in [4.78, 5) is 21.3. The van der Waals surface area contributed by atoms with E-state index in [1.165, 1.54) is 18.2 Å². The first kappa shape index (κ1) is 26.2. The fourth-order valence-electron chi connectivity index (χ4n) is 4.72. The molecule has 0 aliphatic carbocycles.